The minimum Gasteiger partial charge on any atom is -0.392 e. The van der Waals surface area contributed by atoms with Crippen LogP contribution >= 0.6 is 0 Å². The highest BCUT2D eigenvalue weighted by atomic mass is 16.7. The number of likely N-dealkylation sites (tertiary alicyclic amines) is 2. The van der Waals surface area contributed by atoms with Gasteiger partial charge in [-0.25, -0.2) is 0 Å². The fourth-order valence-electron chi connectivity index (χ4n) is 5.83. The van der Waals surface area contributed by atoms with E-state index in [1.165, 1.54) is 52.2 Å². The molecule has 2 N–H and O–H groups in total. The van der Waals surface area contributed by atoms with Gasteiger partial charge in [0.25, 0.3) is 0 Å². The van der Waals surface area contributed by atoms with Crippen molar-refractivity contribution >= 4 is 11.6 Å². The molecule has 3 aliphatic heterocycles. The third kappa shape index (κ3) is 6.33. The summed E-state index contributed by atoms with van der Waals surface area (Å²) in [5.41, 5.74) is 3.71. The summed E-state index contributed by atoms with van der Waals surface area (Å²) in [7, 11) is 0. The Hall–Kier alpha value is -2.29. The van der Waals surface area contributed by atoms with Gasteiger partial charge < -0.3 is 24.8 Å². The predicted octanol–water partition coefficient (Wildman–Crippen LogP) is 4.24. The molecule has 0 spiro atoms. The first kappa shape index (κ1) is 25.4. The number of amides is 1. The van der Waals surface area contributed by atoms with Crippen LogP contribution in [0.5, 0.6) is 0 Å². The van der Waals surface area contributed by atoms with Crippen molar-refractivity contribution in [1.82, 2.24) is 9.80 Å². The molecule has 0 aromatic heterocycles. The van der Waals surface area contributed by atoms with Gasteiger partial charge in [0.1, 0.15) is 0 Å². The van der Waals surface area contributed by atoms with Crippen LogP contribution in [0.2, 0.25) is 0 Å². The van der Waals surface area contributed by atoms with Gasteiger partial charge >= 0.3 is 0 Å². The van der Waals surface area contributed by atoms with Gasteiger partial charge in [0.2, 0.25) is 5.91 Å². The Bertz CT molecular complexity index is 991. The molecule has 0 radical (unpaired) electrons. The Kier molecular flexibility index (Phi) is 8.34. The predicted molar refractivity (Wildman–Crippen MR) is 139 cm³/mol. The number of ether oxygens (including phenoxy) is 2. The first-order valence-corrected chi connectivity index (χ1v) is 13.4. The number of aliphatic hydroxyl groups excluding tert-OH is 1. The molecule has 3 fully saturated rings. The van der Waals surface area contributed by atoms with Crippen LogP contribution in [0.4, 0.5) is 5.69 Å². The smallest absolute Gasteiger partial charge is 0.221 e. The normalized spacial score (nSPS) is 27.4. The highest BCUT2D eigenvalue weighted by Gasteiger charge is 2.36. The maximum Gasteiger partial charge on any atom is 0.221 e. The van der Waals surface area contributed by atoms with Gasteiger partial charge in [0.15, 0.2) is 6.29 Å². The standard InChI is InChI=1S/C29H39N3O4/c1-21(34)30-25-12-10-24(11-13-25)29-35-27(17-28(36-29)23-8-6-22(20-33)7-9-23)19-32-16-4-5-26(32)18-31-14-2-3-15-31/h6-13,26-29,33H,2-5,14-20H2,1H3,(H,30,34)/t26-,27-,28+,29+/m0/s1. The second-order valence-electron chi connectivity index (χ2n) is 10.5. The number of carbonyl (C=O) groups is 1. The lowest BCUT2D eigenvalue weighted by Crippen LogP contribution is -2.45. The zero-order chi connectivity index (χ0) is 24.9. The highest BCUT2D eigenvalue weighted by molar-refractivity contribution is 5.88. The molecule has 0 saturated carbocycles. The Morgan fingerprint density at radius 3 is 2.36 bits per heavy atom. The van der Waals surface area contributed by atoms with E-state index < -0.39 is 6.29 Å². The van der Waals surface area contributed by atoms with Gasteiger partial charge in [-0.1, -0.05) is 36.4 Å². The first-order valence-electron chi connectivity index (χ1n) is 13.4. The average molecular weight is 494 g/mol. The van der Waals surface area contributed by atoms with Gasteiger partial charge in [-0.05, 0) is 68.6 Å². The van der Waals surface area contributed by atoms with E-state index in [9.17, 15) is 9.90 Å². The van der Waals surface area contributed by atoms with Crippen LogP contribution in [-0.2, 0) is 20.9 Å². The molecule has 5 rings (SSSR count). The van der Waals surface area contributed by atoms with Gasteiger partial charge in [0.05, 0.1) is 18.8 Å². The lowest BCUT2D eigenvalue weighted by atomic mass is 9.99. The molecule has 3 aliphatic rings. The highest BCUT2D eigenvalue weighted by Crippen LogP contribution is 2.39. The Morgan fingerprint density at radius 2 is 1.67 bits per heavy atom. The number of hydrogen-bond acceptors (Lipinski definition) is 6. The molecule has 2 aromatic carbocycles. The van der Waals surface area contributed by atoms with E-state index in [1.54, 1.807) is 0 Å². The lowest BCUT2D eigenvalue weighted by Gasteiger charge is -2.39. The maximum absolute atomic E-state index is 11.4. The van der Waals surface area contributed by atoms with Crippen molar-refractivity contribution in [1.29, 1.82) is 0 Å². The van der Waals surface area contributed by atoms with E-state index in [2.05, 4.69) is 27.2 Å². The molecule has 36 heavy (non-hydrogen) atoms. The quantitative estimate of drug-likeness (QED) is 0.573. The van der Waals surface area contributed by atoms with E-state index in [0.717, 1.165) is 41.9 Å². The molecule has 7 nitrogen and oxygen atoms in total. The summed E-state index contributed by atoms with van der Waals surface area (Å²) >= 11 is 0. The number of rotatable bonds is 8. The molecule has 0 unspecified atom stereocenters. The zero-order valence-corrected chi connectivity index (χ0v) is 21.3. The first-order chi connectivity index (χ1) is 17.6. The van der Waals surface area contributed by atoms with Crippen LogP contribution < -0.4 is 5.32 Å². The fourth-order valence-corrected chi connectivity index (χ4v) is 5.83. The summed E-state index contributed by atoms with van der Waals surface area (Å²) in [5, 5.41) is 12.3. The molecular formula is C29H39N3O4. The number of hydrogen-bond donors (Lipinski definition) is 2. The maximum atomic E-state index is 11.4. The van der Waals surface area contributed by atoms with Crippen LogP contribution in [0.25, 0.3) is 0 Å². The third-order valence-corrected chi connectivity index (χ3v) is 7.72. The van der Waals surface area contributed by atoms with E-state index in [1.807, 2.05) is 36.4 Å². The van der Waals surface area contributed by atoms with Gasteiger partial charge in [-0.3, -0.25) is 9.69 Å². The zero-order valence-electron chi connectivity index (χ0n) is 21.3. The Morgan fingerprint density at radius 1 is 0.944 bits per heavy atom. The van der Waals surface area contributed by atoms with Crippen LogP contribution in [0.3, 0.4) is 0 Å². The summed E-state index contributed by atoms with van der Waals surface area (Å²) in [5.74, 6) is -0.0894. The van der Waals surface area contributed by atoms with Crippen molar-refractivity contribution < 1.29 is 19.4 Å². The molecule has 0 aliphatic carbocycles. The SMILES string of the molecule is CC(=O)Nc1ccc([C@@H]2O[C@H](CN3CCC[C@H]3CN3CCCC3)C[C@H](c3ccc(CO)cc3)O2)cc1. The fraction of sp³-hybridized carbons (Fsp3) is 0.552. The van der Waals surface area contributed by atoms with E-state index in [-0.39, 0.29) is 24.7 Å². The molecule has 3 saturated heterocycles. The Balaban J connectivity index is 1.31. The second kappa shape index (κ2) is 11.8. The number of anilines is 1. The van der Waals surface area contributed by atoms with E-state index in [4.69, 9.17) is 9.47 Å². The summed E-state index contributed by atoms with van der Waals surface area (Å²) < 4.78 is 13.0. The summed E-state index contributed by atoms with van der Waals surface area (Å²) in [4.78, 5) is 16.7. The number of carbonyl (C=O) groups excluding carboxylic acids is 1. The number of aliphatic hydroxyl groups is 1. The number of nitrogens with zero attached hydrogens (tertiary/aromatic N) is 2. The van der Waals surface area contributed by atoms with E-state index in [0.29, 0.717) is 6.04 Å². The summed E-state index contributed by atoms with van der Waals surface area (Å²) in [6.07, 6.45) is 5.46. The third-order valence-electron chi connectivity index (χ3n) is 7.72. The second-order valence-corrected chi connectivity index (χ2v) is 10.5. The molecule has 4 atom stereocenters. The minimum atomic E-state index is -0.475. The molecule has 7 heteroatoms. The van der Waals surface area contributed by atoms with Crippen molar-refractivity contribution in [2.24, 2.45) is 0 Å². The number of nitrogens with one attached hydrogen (secondary N) is 1. The molecular weight excluding hydrogens is 454 g/mol. The van der Waals surface area contributed by atoms with Gasteiger partial charge in [0, 0.05) is 43.7 Å². The molecule has 194 valence electrons. The van der Waals surface area contributed by atoms with Crippen molar-refractivity contribution in [3.8, 4) is 0 Å². The number of benzene rings is 2. The van der Waals surface area contributed by atoms with Crippen LogP contribution in [0, 0.1) is 0 Å². The van der Waals surface area contributed by atoms with Crippen molar-refractivity contribution in [2.45, 2.75) is 70.2 Å². The van der Waals surface area contributed by atoms with E-state index >= 15 is 0 Å². The minimum absolute atomic E-state index is 0.0359. The molecule has 3 heterocycles. The van der Waals surface area contributed by atoms with Crippen LogP contribution in [0.1, 0.15) is 68.1 Å². The molecule has 1 amide bonds. The summed E-state index contributed by atoms with van der Waals surface area (Å²) in [6, 6.07) is 16.4. The Labute approximate surface area is 214 Å². The van der Waals surface area contributed by atoms with Crippen molar-refractivity contribution in [2.75, 3.05) is 38.0 Å². The molecule has 0 bridgehead atoms. The van der Waals surface area contributed by atoms with Crippen molar-refractivity contribution in [3.63, 3.8) is 0 Å². The summed E-state index contributed by atoms with van der Waals surface area (Å²) in [6.45, 7) is 7.23. The average Bonchev–Trinajstić information content (AvgIpc) is 3.57. The van der Waals surface area contributed by atoms with Gasteiger partial charge in [-0.2, -0.15) is 0 Å². The van der Waals surface area contributed by atoms with Gasteiger partial charge in [-0.15, -0.1) is 0 Å². The largest absolute Gasteiger partial charge is 0.392 e. The molecule has 2 aromatic rings. The lowest BCUT2D eigenvalue weighted by molar-refractivity contribution is -0.253. The van der Waals surface area contributed by atoms with Crippen molar-refractivity contribution in [3.05, 3.63) is 65.2 Å². The monoisotopic (exact) mass is 493 g/mol. The van der Waals surface area contributed by atoms with Crippen LogP contribution in [0.15, 0.2) is 48.5 Å². The van der Waals surface area contributed by atoms with Crippen LogP contribution in [-0.4, -0.2) is 65.7 Å². The topological polar surface area (TPSA) is 74.3 Å².